The first-order valence-corrected chi connectivity index (χ1v) is 9.85. The van der Waals surface area contributed by atoms with Crippen molar-refractivity contribution >= 4 is 28.1 Å². The molecule has 2 aliphatic rings. The molecule has 132 valence electrons. The SMILES string of the molecule is CC(=O)N(c1nc(CN2CCC(Nc3ccccc3)C2)cs1)C1CC1. The smallest absolute Gasteiger partial charge is 0.225 e. The summed E-state index contributed by atoms with van der Waals surface area (Å²) in [6.45, 7) is 4.61. The Morgan fingerprint density at radius 3 is 2.84 bits per heavy atom. The zero-order valence-corrected chi connectivity index (χ0v) is 15.3. The number of hydrogen-bond acceptors (Lipinski definition) is 5. The molecular weight excluding hydrogens is 332 g/mol. The minimum Gasteiger partial charge on any atom is -0.381 e. The largest absolute Gasteiger partial charge is 0.381 e. The van der Waals surface area contributed by atoms with Gasteiger partial charge in [-0.05, 0) is 31.4 Å². The van der Waals surface area contributed by atoms with Gasteiger partial charge in [0.05, 0.1) is 5.69 Å². The first-order valence-electron chi connectivity index (χ1n) is 8.97. The number of hydrogen-bond donors (Lipinski definition) is 1. The minimum atomic E-state index is 0.108. The van der Waals surface area contributed by atoms with Crippen LogP contribution in [0.25, 0.3) is 0 Å². The quantitative estimate of drug-likeness (QED) is 0.862. The van der Waals surface area contributed by atoms with Gasteiger partial charge >= 0.3 is 0 Å². The molecule has 1 unspecified atom stereocenters. The molecule has 1 saturated carbocycles. The Hall–Kier alpha value is -1.92. The number of nitrogens with zero attached hydrogens (tertiary/aromatic N) is 3. The molecule has 1 atom stereocenters. The number of likely N-dealkylation sites (tertiary alicyclic amines) is 1. The van der Waals surface area contributed by atoms with Crippen molar-refractivity contribution in [1.29, 1.82) is 0 Å². The van der Waals surface area contributed by atoms with Crippen molar-refractivity contribution in [3.05, 3.63) is 41.4 Å². The van der Waals surface area contributed by atoms with Gasteiger partial charge in [-0.25, -0.2) is 4.98 Å². The maximum absolute atomic E-state index is 11.9. The van der Waals surface area contributed by atoms with Gasteiger partial charge in [0.25, 0.3) is 0 Å². The van der Waals surface area contributed by atoms with Crippen molar-refractivity contribution in [1.82, 2.24) is 9.88 Å². The van der Waals surface area contributed by atoms with Gasteiger partial charge in [0.1, 0.15) is 0 Å². The highest BCUT2D eigenvalue weighted by Gasteiger charge is 2.34. The van der Waals surface area contributed by atoms with E-state index in [0.717, 1.165) is 49.7 Å². The van der Waals surface area contributed by atoms with Crippen LogP contribution in [0, 0.1) is 0 Å². The van der Waals surface area contributed by atoms with Gasteiger partial charge in [-0.3, -0.25) is 14.6 Å². The Kier molecular flexibility index (Phi) is 4.72. The maximum Gasteiger partial charge on any atom is 0.225 e. The van der Waals surface area contributed by atoms with Crippen molar-refractivity contribution < 1.29 is 4.79 Å². The third-order valence-electron chi connectivity index (χ3n) is 4.80. The molecule has 1 aliphatic carbocycles. The topological polar surface area (TPSA) is 48.5 Å². The van der Waals surface area contributed by atoms with Gasteiger partial charge in [0, 0.05) is 49.7 Å². The fraction of sp³-hybridized carbons (Fsp3) is 0.474. The number of nitrogens with one attached hydrogen (secondary N) is 1. The number of aromatic nitrogens is 1. The van der Waals surface area contributed by atoms with Crippen LogP contribution in [0.2, 0.25) is 0 Å². The number of benzene rings is 1. The number of anilines is 2. The highest BCUT2D eigenvalue weighted by Crippen LogP contribution is 2.34. The Labute approximate surface area is 152 Å². The van der Waals surface area contributed by atoms with Gasteiger partial charge in [0.15, 0.2) is 5.13 Å². The van der Waals surface area contributed by atoms with Gasteiger partial charge in [0.2, 0.25) is 5.91 Å². The fourth-order valence-electron chi connectivity index (χ4n) is 3.45. The van der Waals surface area contributed by atoms with Gasteiger partial charge in [-0.2, -0.15) is 0 Å². The molecule has 1 amide bonds. The summed E-state index contributed by atoms with van der Waals surface area (Å²) in [6, 6.07) is 11.3. The van der Waals surface area contributed by atoms with Crippen molar-refractivity contribution in [2.45, 2.75) is 44.8 Å². The Morgan fingerprint density at radius 1 is 1.32 bits per heavy atom. The monoisotopic (exact) mass is 356 g/mol. The van der Waals surface area contributed by atoms with E-state index < -0.39 is 0 Å². The Balaban J connectivity index is 1.33. The molecule has 0 spiro atoms. The molecule has 25 heavy (non-hydrogen) atoms. The molecule has 2 fully saturated rings. The van der Waals surface area contributed by atoms with Crippen molar-refractivity contribution in [2.24, 2.45) is 0 Å². The Morgan fingerprint density at radius 2 is 2.12 bits per heavy atom. The van der Waals surface area contributed by atoms with Gasteiger partial charge in [-0.1, -0.05) is 18.2 Å². The molecule has 1 saturated heterocycles. The van der Waals surface area contributed by atoms with E-state index in [9.17, 15) is 4.79 Å². The summed E-state index contributed by atoms with van der Waals surface area (Å²) in [7, 11) is 0. The molecular formula is C19H24N4OS. The molecule has 2 aromatic rings. The zero-order valence-electron chi connectivity index (χ0n) is 14.5. The van der Waals surface area contributed by atoms with Crippen molar-refractivity contribution in [2.75, 3.05) is 23.3 Å². The van der Waals surface area contributed by atoms with Crippen LogP contribution in [0.4, 0.5) is 10.8 Å². The second-order valence-corrected chi connectivity index (χ2v) is 7.81. The summed E-state index contributed by atoms with van der Waals surface area (Å²) in [6.07, 6.45) is 3.36. The number of carbonyl (C=O) groups is 1. The molecule has 1 aromatic carbocycles. The first-order chi connectivity index (χ1) is 12.2. The number of amides is 1. The van der Waals surface area contributed by atoms with Gasteiger partial charge in [-0.15, -0.1) is 11.3 Å². The van der Waals surface area contributed by atoms with E-state index >= 15 is 0 Å². The first kappa shape index (κ1) is 16.5. The minimum absolute atomic E-state index is 0.108. The summed E-state index contributed by atoms with van der Waals surface area (Å²) in [5, 5.41) is 6.57. The number of carbonyl (C=O) groups excluding carboxylic acids is 1. The molecule has 0 radical (unpaired) electrons. The lowest BCUT2D eigenvalue weighted by Gasteiger charge is -2.17. The lowest BCUT2D eigenvalue weighted by atomic mass is 10.2. The highest BCUT2D eigenvalue weighted by atomic mass is 32.1. The number of para-hydroxylation sites is 1. The summed E-state index contributed by atoms with van der Waals surface area (Å²) in [5.74, 6) is 0.108. The second kappa shape index (κ2) is 7.14. The molecule has 2 heterocycles. The summed E-state index contributed by atoms with van der Waals surface area (Å²) in [5.41, 5.74) is 2.26. The Bertz CT molecular complexity index is 728. The lowest BCUT2D eigenvalue weighted by Crippen LogP contribution is -2.30. The van der Waals surface area contributed by atoms with Crippen molar-refractivity contribution in [3.63, 3.8) is 0 Å². The van der Waals surface area contributed by atoms with E-state index in [1.165, 1.54) is 5.69 Å². The molecule has 0 bridgehead atoms. The van der Waals surface area contributed by atoms with E-state index in [1.54, 1.807) is 18.3 Å². The fourth-order valence-corrected chi connectivity index (χ4v) is 4.38. The van der Waals surface area contributed by atoms with Crippen molar-refractivity contribution in [3.8, 4) is 0 Å². The standard InChI is InChI=1S/C19H24N4OS/c1-14(24)23(18-7-8-18)19-21-17(13-25-19)12-22-10-9-16(11-22)20-15-5-3-2-4-6-15/h2-6,13,16,18,20H,7-12H2,1H3. The van der Waals surface area contributed by atoms with Crippen LogP contribution in [-0.4, -0.2) is 41.0 Å². The van der Waals surface area contributed by atoms with Gasteiger partial charge < -0.3 is 5.32 Å². The molecule has 1 aliphatic heterocycles. The van der Waals surface area contributed by atoms with E-state index in [0.29, 0.717) is 12.1 Å². The summed E-state index contributed by atoms with van der Waals surface area (Å²) >= 11 is 1.59. The molecule has 5 nitrogen and oxygen atoms in total. The van der Waals surface area contributed by atoms with E-state index in [2.05, 4.69) is 39.9 Å². The van der Waals surface area contributed by atoms with Crippen LogP contribution in [0.15, 0.2) is 35.7 Å². The molecule has 1 aromatic heterocycles. The molecule has 1 N–H and O–H groups in total. The normalized spacial score (nSPS) is 20.6. The number of thiazole rings is 1. The van der Waals surface area contributed by atoms with Crippen LogP contribution >= 0.6 is 11.3 Å². The van der Waals surface area contributed by atoms with Crippen LogP contribution in [0.5, 0.6) is 0 Å². The molecule has 4 rings (SSSR count). The maximum atomic E-state index is 11.9. The third kappa shape index (κ3) is 4.02. The van der Waals surface area contributed by atoms with E-state index in [-0.39, 0.29) is 5.91 Å². The second-order valence-electron chi connectivity index (χ2n) is 6.97. The highest BCUT2D eigenvalue weighted by molar-refractivity contribution is 7.14. The molecule has 6 heteroatoms. The zero-order chi connectivity index (χ0) is 17.2. The number of rotatable bonds is 6. The lowest BCUT2D eigenvalue weighted by molar-refractivity contribution is -0.116. The van der Waals surface area contributed by atoms with Crippen LogP contribution in [-0.2, 0) is 11.3 Å². The van der Waals surface area contributed by atoms with E-state index in [4.69, 9.17) is 4.98 Å². The summed E-state index contributed by atoms with van der Waals surface area (Å²) in [4.78, 5) is 20.9. The third-order valence-corrected chi connectivity index (χ3v) is 5.69. The average Bonchev–Trinajstić information content (AvgIpc) is 3.15. The predicted octanol–water partition coefficient (Wildman–Crippen LogP) is 3.34. The van der Waals surface area contributed by atoms with Crippen LogP contribution < -0.4 is 10.2 Å². The van der Waals surface area contributed by atoms with E-state index in [1.807, 2.05) is 11.0 Å². The predicted molar refractivity (Wildman–Crippen MR) is 102 cm³/mol. The van der Waals surface area contributed by atoms with Crippen LogP contribution in [0.1, 0.15) is 31.9 Å². The van der Waals surface area contributed by atoms with Crippen LogP contribution in [0.3, 0.4) is 0 Å². The summed E-state index contributed by atoms with van der Waals surface area (Å²) < 4.78 is 0. The average molecular weight is 356 g/mol.